The molecule has 0 aromatic heterocycles. The van der Waals surface area contributed by atoms with Crippen LogP contribution < -0.4 is 5.32 Å². The van der Waals surface area contributed by atoms with Gasteiger partial charge in [0, 0.05) is 12.1 Å². The second-order valence-corrected chi connectivity index (χ2v) is 6.20. The summed E-state index contributed by atoms with van der Waals surface area (Å²) in [6.45, 7) is 0. The topological polar surface area (TPSA) is 69.6 Å². The summed E-state index contributed by atoms with van der Waals surface area (Å²) in [5, 5.41) is 12.4. The van der Waals surface area contributed by atoms with Crippen LogP contribution in [-0.4, -0.2) is 40.1 Å². The number of hydrogen-bond donors (Lipinski definition) is 2. The molecule has 0 spiro atoms. The van der Waals surface area contributed by atoms with Crippen LogP contribution in [-0.2, 0) is 4.79 Å². The molecule has 1 heterocycles. The van der Waals surface area contributed by atoms with Gasteiger partial charge in [-0.3, -0.25) is 0 Å². The maximum Gasteiger partial charge on any atom is 0.326 e. The number of nitrogens with zero attached hydrogens (tertiary/aromatic N) is 1. The van der Waals surface area contributed by atoms with Crippen LogP contribution in [0, 0.1) is 5.92 Å². The van der Waals surface area contributed by atoms with Crippen LogP contribution in [0.1, 0.15) is 44.9 Å². The Hall–Kier alpha value is -1.52. The summed E-state index contributed by atoms with van der Waals surface area (Å²) in [6.07, 6.45) is 10.7. The standard InChI is InChI=1S/C15H22N2O3/c18-14(19)13-9-10-5-1-4-8-12(10)17(13)15(20)16-11-6-2-3-7-11/h2-3,10-13H,1,4-9H2,(H,16,20)(H,18,19). The first-order chi connectivity index (χ1) is 9.66. The number of amides is 2. The second kappa shape index (κ2) is 5.46. The zero-order valence-corrected chi connectivity index (χ0v) is 11.6. The highest BCUT2D eigenvalue weighted by molar-refractivity contribution is 5.84. The molecule has 3 atom stereocenters. The van der Waals surface area contributed by atoms with Crippen molar-refractivity contribution < 1.29 is 14.7 Å². The van der Waals surface area contributed by atoms with Gasteiger partial charge in [-0.05, 0) is 38.0 Å². The van der Waals surface area contributed by atoms with E-state index in [4.69, 9.17) is 0 Å². The minimum absolute atomic E-state index is 0.124. The van der Waals surface area contributed by atoms with Gasteiger partial charge in [0.05, 0.1) is 0 Å². The van der Waals surface area contributed by atoms with Gasteiger partial charge in [0.1, 0.15) is 6.04 Å². The Morgan fingerprint density at radius 1 is 1.15 bits per heavy atom. The summed E-state index contributed by atoms with van der Waals surface area (Å²) >= 11 is 0. The van der Waals surface area contributed by atoms with Gasteiger partial charge in [-0.1, -0.05) is 25.0 Å². The third-order valence-corrected chi connectivity index (χ3v) is 4.94. The lowest BCUT2D eigenvalue weighted by Crippen LogP contribution is -2.52. The summed E-state index contributed by atoms with van der Waals surface area (Å²) in [6, 6.07) is -0.559. The van der Waals surface area contributed by atoms with Gasteiger partial charge in [-0.25, -0.2) is 9.59 Å². The average molecular weight is 278 g/mol. The molecule has 1 aliphatic heterocycles. The number of aliphatic carboxylic acids is 1. The van der Waals surface area contributed by atoms with E-state index in [-0.39, 0.29) is 18.1 Å². The number of nitrogens with one attached hydrogen (secondary N) is 1. The smallest absolute Gasteiger partial charge is 0.326 e. The lowest BCUT2D eigenvalue weighted by atomic mass is 9.85. The first kappa shape index (κ1) is 13.5. The zero-order chi connectivity index (χ0) is 14.1. The molecule has 1 saturated heterocycles. The van der Waals surface area contributed by atoms with Crippen LogP contribution in [0.2, 0.25) is 0 Å². The number of carbonyl (C=O) groups excluding carboxylic acids is 1. The zero-order valence-electron chi connectivity index (χ0n) is 11.6. The van der Waals surface area contributed by atoms with E-state index in [0.29, 0.717) is 12.3 Å². The van der Waals surface area contributed by atoms with Crippen LogP contribution in [0.3, 0.4) is 0 Å². The fourth-order valence-corrected chi connectivity index (χ4v) is 3.96. The fraction of sp³-hybridized carbons (Fsp3) is 0.733. The van der Waals surface area contributed by atoms with Crippen LogP contribution in [0.5, 0.6) is 0 Å². The largest absolute Gasteiger partial charge is 0.480 e. The number of carbonyl (C=O) groups is 2. The Kier molecular flexibility index (Phi) is 3.68. The van der Waals surface area contributed by atoms with Gasteiger partial charge in [0.2, 0.25) is 0 Å². The van der Waals surface area contributed by atoms with Crippen LogP contribution in [0.15, 0.2) is 12.2 Å². The molecular formula is C15H22N2O3. The van der Waals surface area contributed by atoms with Gasteiger partial charge < -0.3 is 15.3 Å². The molecule has 0 aromatic rings. The maximum absolute atomic E-state index is 12.5. The second-order valence-electron chi connectivity index (χ2n) is 6.20. The normalized spacial score (nSPS) is 33.2. The molecule has 5 heteroatoms. The third kappa shape index (κ3) is 2.41. The van der Waals surface area contributed by atoms with Crippen molar-refractivity contribution in [2.45, 2.75) is 63.1 Å². The van der Waals surface area contributed by atoms with E-state index in [2.05, 4.69) is 17.5 Å². The van der Waals surface area contributed by atoms with E-state index >= 15 is 0 Å². The number of likely N-dealkylation sites (tertiary alicyclic amines) is 1. The molecule has 2 fully saturated rings. The van der Waals surface area contributed by atoms with E-state index in [0.717, 1.165) is 38.5 Å². The Bertz CT molecular complexity index is 427. The third-order valence-electron chi connectivity index (χ3n) is 4.94. The van der Waals surface area contributed by atoms with Gasteiger partial charge in [-0.2, -0.15) is 0 Å². The van der Waals surface area contributed by atoms with E-state index in [9.17, 15) is 14.7 Å². The number of hydrogen-bond acceptors (Lipinski definition) is 2. The Balaban J connectivity index is 1.72. The molecule has 0 bridgehead atoms. The van der Waals surface area contributed by atoms with Crippen molar-refractivity contribution in [3.8, 4) is 0 Å². The predicted molar refractivity (Wildman–Crippen MR) is 74.3 cm³/mol. The van der Waals surface area contributed by atoms with Gasteiger partial charge >= 0.3 is 12.0 Å². The predicted octanol–water partition coefficient (Wildman–Crippen LogP) is 2.13. The molecule has 3 aliphatic rings. The Labute approximate surface area is 119 Å². The molecule has 0 radical (unpaired) electrons. The molecule has 3 rings (SSSR count). The highest BCUT2D eigenvalue weighted by Gasteiger charge is 2.47. The van der Waals surface area contributed by atoms with Crippen molar-refractivity contribution in [2.24, 2.45) is 5.92 Å². The summed E-state index contributed by atoms with van der Waals surface area (Å²) in [5.41, 5.74) is 0. The summed E-state index contributed by atoms with van der Waals surface area (Å²) in [4.78, 5) is 25.6. The van der Waals surface area contributed by atoms with Crippen LogP contribution >= 0.6 is 0 Å². The first-order valence-electron chi connectivity index (χ1n) is 7.63. The van der Waals surface area contributed by atoms with Crippen LogP contribution in [0.25, 0.3) is 0 Å². The monoisotopic (exact) mass is 278 g/mol. The first-order valence-corrected chi connectivity index (χ1v) is 7.63. The van der Waals surface area contributed by atoms with Crippen LogP contribution in [0.4, 0.5) is 4.79 Å². The van der Waals surface area contributed by atoms with Crippen molar-refractivity contribution in [2.75, 3.05) is 0 Å². The highest BCUT2D eigenvalue weighted by atomic mass is 16.4. The van der Waals surface area contributed by atoms with E-state index in [1.165, 1.54) is 0 Å². The molecule has 5 nitrogen and oxygen atoms in total. The number of fused-ring (bicyclic) bond motifs is 1. The van der Waals surface area contributed by atoms with Gasteiger partial charge in [-0.15, -0.1) is 0 Å². The van der Waals surface area contributed by atoms with Gasteiger partial charge in [0.15, 0.2) is 0 Å². The van der Waals surface area contributed by atoms with Crippen molar-refractivity contribution >= 4 is 12.0 Å². The van der Waals surface area contributed by atoms with Crippen molar-refractivity contribution in [3.63, 3.8) is 0 Å². The van der Waals surface area contributed by atoms with E-state index in [1.54, 1.807) is 4.90 Å². The minimum Gasteiger partial charge on any atom is -0.480 e. The maximum atomic E-state index is 12.5. The SMILES string of the molecule is O=C(O)C1CC2CCCCC2N1C(=O)NC1CC=CC1. The fourth-order valence-electron chi connectivity index (χ4n) is 3.96. The summed E-state index contributed by atoms with van der Waals surface area (Å²) in [7, 11) is 0. The number of carboxylic acid groups (broad SMARTS) is 1. The van der Waals surface area contributed by atoms with Crippen molar-refractivity contribution in [3.05, 3.63) is 12.2 Å². The minimum atomic E-state index is -0.862. The quantitative estimate of drug-likeness (QED) is 0.760. The average Bonchev–Trinajstić information content (AvgIpc) is 3.04. The number of rotatable bonds is 2. The Morgan fingerprint density at radius 2 is 1.85 bits per heavy atom. The van der Waals surface area contributed by atoms with E-state index in [1.807, 2.05) is 0 Å². The van der Waals surface area contributed by atoms with Crippen molar-refractivity contribution in [1.29, 1.82) is 0 Å². The number of urea groups is 1. The molecule has 1 saturated carbocycles. The molecule has 2 N–H and O–H groups in total. The molecular weight excluding hydrogens is 256 g/mol. The summed E-state index contributed by atoms with van der Waals surface area (Å²) in [5.74, 6) is -0.489. The molecule has 2 amide bonds. The van der Waals surface area contributed by atoms with Crippen molar-refractivity contribution in [1.82, 2.24) is 10.2 Å². The molecule has 20 heavy (non-hydrogen) atoms. The highest BCUT2D eigenvalue weighted by Crippen LogP contribution is 2.39. The number of carboxylic acids is 1. The molecule has 0 aromatic carbocycles. The Morgan fingerprint density at radius 3 is 2.55 bits per heavy atom. The summed E-state index contributed by atoms with van der Waals surface area (Å²) < 4.78 is 0. The molecule has 2 aliphatic carbocycles. The van der Waals surface area contributed by atoms with E-state index < -0.39 is 12.0 Å². The lowest BCUT2D eigenvalue weighted by molar-refractivity contribution is -0.141. The molecule has 3 unspecified atom stereocenters. The molecule has 110 valence electrons. The van der Waals surface area contributed by atoms with Gasteiger partial charge in [0.25, 0.3) is 0 Å². The lowest BCUT2D eigenvalue weighted by Gasteiger charge is -2.33.